The number of ether oxygens (including phenoxy) is 1. The molecule has 0 N–H and O–H groups in total. The Bertz CT molecular complexity index is 574. The Morgan fingerprint density at radius 1 is 1.16 bits per heavy atom. The van der Waals surface area contributed by atoms with Crippen LogP contribution in [-0.2, 0) is 4.79 Å². The molecule has 0 aliphatic carbocycles. The van der Waals surface area contributed by atoms with Crippen LogP contribution < -0.4 is 4.74 Å². The van der Waals surface area contributed by atoms with Gasteiger partial charge >= 0.3 is 5.97 Å². The van der Waals surface area contributed by atoms with E-state index in [4.69, 9.17) is 9.15 Å². The summed E-state index contributed by atoms with van der Waals surface area (Å²) < 4.78 is 11.0. The highest BCUT2D eigenvalue weighted by molar-refractivity contribution is 5.78. The molecule has 1 aromatic heterocycles. The van der Waals surface area contributed by atoms with Gasteiger partial charge in [-0.1, -0.05) is 30.3 Å². The molecule has 0 bridgehead atoms. The SMILES string of the molecule is Cc1oc(-c2ccccc2)cc1OC(=O)C(C)(C)C. The van der Waals surface area contributed by atoms with Crippen LogP contribution in [0.1, 0.15) is 26.5 Å². The normalized spacial score (nSPS) is 11.4. The number of hydrogen-bond donors (Lipinski definition) is 0. The third kappa shape index (κ3) is 3.05. The molecule has 3 nitrogen and oxygen atoms in total. The molecule has 0 saturated heterocycles. The van der Waals surface area contributed by atoms with Crippen molar-refractivity contribution in [3.8, 4) is 17.1 Å². The van der Waals surface area contributed by atoms with Gasteiger partial charge in [0.2, 0.25) is 0 Å². The van der Waals surface area contributed by atoms with Crippen molar-refractivity contribution in [3.63, 3.8) is 0 Å². The summed E-state index contributed by atoms with van der Waals surface area (Å²) in [6, 6.07) is 11.5. The van der Waals surface area contributed by atoms with Crippen molar-refractivity contribution in [2.45, 2.75) is 27.7 Å². The summed E-state index contributed by atoms with van der Waals surface area (Å²) in [5.41, 5.74) is 0.431. The van der Waals surface area contributed by atoms with E-state index in [1.54, 1.807) is 13.0 Å². The summed E-state index contributed by atoms with van der Waals surface area (Å²) >= 11 is 0. The van der Waals surface area contributed by atoms with E-state index < -0.39 is 5.41 Å². The predicted molar refractivity (Wildman–Crippen MR) is 74.0 cm³/mol. The second-order valence-electron chi connectivity index (χ2n) is 5.54. The molecule has 1 heterocycles. The van der Waals surface area contributed by atoms with Crippen LogP contribution in [0, 0.1) is 12.3 Å². The van der Waals surface area contributed by atoms with Crippen LogP contribution in [0.4, 0.5) is 0 Å². The number of furan rings is 1. The van der Waals surface area contributed by atoms with Gasteiger partial charge in [-0.15, -0.1) is 0 Å². The quantitative estimate of drug-likeness (QED) is 0.757. The maximum absolute atomic E-state index is 11.9. The fourth-order valence-corrected chi connectivity index (χ4v) is 1.56. The van der Waals surface area contributed by atoms with Crippen molar-refractivity contribution < 1.29 is 13.9 Å². The molecule has 2 aromatic rings. The lowest BCUT2D eigenvalue weighted by atomic mass is 9.97. The highest BCUT2D eigenvalue weighted by Gasteiger charge is 2.25. The Hall–Kier alpha value is -2.03. The highest BCUT2D eigenvalue weighted by atomic mass is 16.5. The van der Waals surface area contributed by atoms with Gasteiger partial charge < -0.3 is 9.15 Å². The van der Waals surface area contributed by atoms with E-state index in [1.807, 2.05) is 51.1 Å². The Labute approximate surface area is 113 Å². The molecule has 0 unspecified atom stereocenters. The summed E-state index contributed by atoms with van der Waals surface area (Å²) in [6.07, 6.45) is 0. The smallest absolute Gasteiger partial charge is 0.316 e. The van der Waals surface area contributed by atoms with Crippen molar-refractivity contribution in [3.05, 3.63) is 42.2 Å². The van der Waals surface area contributed by atoms with Crippen LogP contribution in [0.3, 0.4) is 0 Å². The van der Waals surface area contributed by atoms with E-state index in [0.717, 1.165) is 5.56 Å². The minimum atomic E-state index is -0.531. The van der Waals surface area contributed by atoms with Crippen molar-refractivity contribution >= 4 is 5.97 Å². The van der Waals surface area contributed by atoms with E-state index in [1.165, 1.54) is 0 Å². The first kappa shape index (κ1) is 13.4. The van der Waals surface area contributed by atoms with Crippen LogP contribution in [0.2, 0.25) is 0 Å². The summed E-state index contributed by atoms with van der Waals surface area (Å²) in [7, 11) is 0. The second kappa shape index (κ2) is 4.92. The van der Waals surface area contributed by atoms with Crippen LogP contribution in [0.25, 0.3) is 11.3 Å². The van der Waals surface area contributed by atoms with Crippen molar-refractivity contribution in [1.29, 1.82) is 0 Å². The van der Waals surface area contributed by atoms with Gasteiger partial charge in [0.25, 0.3) is 0 Å². The zero-order valence-corrected chi connectivity index (χ0v) is 11.7. The molecule has 0 atom stereocenters. The van der Waals surface area contributed by atoms with Crippen LogP contribution in [-0.4, -0.2) is 5.97 Å². The Morgan fingerprint density at radius 2 is 1.79 bits per heavy atom. The lowest BCUT2D eigenvalue weighted by Gasteiger charge is -2.15. The third-order valence-corrected chi connectivity index (χ3v) is 2.75. The second-order valence-corrected chi connectivity index (χ2v) is 5.54. The molecule has 0 aliphatic heterocycles. The first-order chi connectivity index (χ1) is 8.88. The van der Waals surface area contributed by atoms with E-state index in [2.05, 4.69) is 0 Å². The van der Waals surface area contributed by atoms with E-state index in [0.29, 0.717) is 17.3 Å². The molecular formula is C16H18O3. The van der Waals surface area contributed by atoms with Crippen molar-refractivity contribution in [2.24, 2.45) is 5.41 Å². The van der Waals surface area contributed by atoms with E-state index >= 15 is 0 Å². The standard InChI is InChI=1S/C16H18O3/c1-11-13(19-15(17)16(2,3)4)10-14(18-11)12-8-6-5-7-9-12/h5-10H,1-4H3. The first-order valence-corrected chi connectivity index (χ1v) is 6.26. The Balaban J connectivity index is 2.25. The monoisotopic (exact) mass is 258 g/mol. The minimum Gasteiger partial charge on any atom is -0.457 e. The lowest BCUT2D eigenvalue weighted by molar-refractivity contribution is -0.143. The number of benzene rings is 1. The van der Waals surface area contributed by atoms with Gasteiger partial charge in [-0.3, -0.25) is 4.79 Å². The zero-order chi connectivity index (χ0) is 14.0. The average Bonchev–Trinajstić information content (AvgIpc) is 2.71. The molecule has 3 heteroatoms. The fraction of sp³-hybridized carbons (Fsp3) is 0.312. The fourth-order valence-electron chi connectivity index (χ4n) is 1.56. The number of esters is 1. The lowest BCUT2D eigenvalue weighted by Crippen LogP contribution is -2.25. The number of carbonyl (C=O) groups is 1. The highest BCUT2D eigenvalue weighted by Crippen LogP contribution is 2.31. The molecule has 0 spiro atoms. The van der Waals surface area contributed by atoms with Gasteiger partial charge in [-0.2, -0.15) is 0 Å². The average molecular weight is 258 g/mol. The molecule has 2 rings (SSSR count). The van der Waals surface area contributed by atoms with Gasteiger partial charge in [0.05, 0.1) is 5.41 Å². The largest absolute Gasteiger partial charge is 0.457 e. The summed E-state index contributed by atoms with van der Waals surface area (Å²) in [5.74, 6) is 1.53. The van der Waals surface area contributed by atoms with Gasteiger partial charge in [0.1, 0.15) is 11.5 Å². The Kier molecular flexibility index (Phi) is 3.47. The first-order valence-electron chi connectivity index (χ1n) is 6.26. The number of carbonyl (C=O) groups excluding carboxylic acids is 1. The molecule has 0 saturated carbocycles. The maximum atomic E-state index is 11.9. The molecule has 19 heavy (non-hydrogen) atoms. The van der Waals surface area contributed by atoms with Gasteiger partial charge in [0, 0.05) is 11.6 Å². The third-order valence-electron chi connectivity index (χ3n) is 2.75. The summed E-state index contributed by atoms with van der Waals surface area (Å²) in [5, 5.41) is 0. The molecule has 0 amide bonds. The minimum absolute atomic E-state index is 0.268. The molecule has 1 aromatic carbocycles. The predicted octanol–water partition coefficient (Wildman–Crippen LogP) is 4.21. The molecule has 0 radical (unpaired) electrons. The van der Waals surface area contributed by atoms with Gasteiger partial charge in [-0.25, -0.2) is 0 Å². The topological polar surface area (TPSA) is 39.4 Å². The van der Waals surface area contributed by atoms with Crippen LogP contribution in [0.5, 0.6) is 5.75 Å². The Morgan fingerprint density at radius 3 is 2.37 bits per heavy atom. The molecule has 0 aliphatic rings. The summed E-state index contributed by atoms with van der Waals surface area (Å²) in [4.78, 5) is 11.9. The van der Waals surface area contributed by atoms with E-state index in [9.17, 15) is 4.79 Å². The molecule has 0 fully saturated rings. The molecule has 100 valence electrons. The summed E-state index contributed by atoms with van der Waals surface area (Å²) in [6.45, 7) is 7.26. The number of aryl methyl sites for hydroxylation is 1. The van der Waals surface area contributed by atoms with Crippen molar-refractivity contribution in [1.82, 2.24) is 0 Å². The van der Waals surface area contributed by atoms with Gasteiger partial charge in [0.15, 0.2) is 5.75 Å². The van der Waals surface area contributed by atoms with Crippen molar-refractivity contribution in [2.75, 3.05) is 0 Å². The van der Waals surface area contributed by atoms with Crippen LogP contribution in [0.15, 0.2) is 40.8 Å². The van der Waals surface area contributed by atoms with Gasteiger partial charge in [-0.05, 0) is 27.7 Å². The molecular weight excluding hydrogens is 240 g/mol. The number of rotatable bonds is 2. The number of hydrogen-bond acceptors (Lipinski definition) is 3. The van der Waals surface area contributed by atoms with E-state index in [-0.39, 0.29) is 5.97 Å². The van der Waals surface area contributed by atoms with Crippen LogP contribution >= 0.6 is 0 Å². The zero-order valence-electron chi connectivity index (χ0n) is 11.7. The maximum Gasteiger partial charge on any atom is 0.316 e.